The maximum absolute atomic E-state index is 15.6. The van der Waals surface area contributed by atoms with E-state index < -0.39 is 23.9 Å². The number of nitrogens with one attached hydrogen (secondary N) is 1. The highest BCUT2D eigenvalue weighted by Gasteiger charge is 2.48. The molecule has 1 aromatic heterocycles. The molecule has 2 unspecified atom stereocenters. The summed E-state index contributed by atoms with van der Waals surface area (Å²) in [4.78, 5) is 35.5. The first-order valence-electron chi connectivity index (χ1n) is 13.9. The molecule has 12 heteroatoms. The monoisotopic (exact) mass is 578 g/mol. The van der Waals surface area contributed by atoms with Crippen molar-refractivity contribution in [1.82, 2.24) is 14.8 Å². The third-order valence-corrected chi connectivity index (χ3v) is 8.94. The number of hydrogen-bond donors (Lipinski definition) is 2. The highest BCUT2D eigenvalue weighted by atomic mass is 19.4. The van der Waals surface area contributed by atoms with Crippen molar-refractivity contribution >= 4 is 23.9 Å². The van der Waals surface area contributed by atoms with E-state index in [0.717, 1.165) is 49.3 Å². The molecule has 1 aromatic carbocycles. The Labute approximate surface area is 235 Å². The number of piperidine rings is 2. The van der Waals surface area contributed by atoms with Crippen LogP contribution in [0.3, 0.4) is 0 Å². The van der Waals surface area contributed by atoms with Crippen molar-refractivity contribution in [1.29, 1.82) is 0 Å². The Kier molecular flexibility index (Phi) is 8.13. The van der Waals surface area contributed by atoms with Crippen LogP contribution in [0.4, 0.5) is 23.4 Å². The summed E-state index contributed by atoms with van der Waals surface area (Å²) < 4.78 is 56.8. The van der Waals surface area contributed by atoms with Gasteiger partial charge in [0.1, 0.15) is 17.7 Å². The number of benzene rings is 1. The molecule has 8 nitrogen and oxygen atoms in total. The number of aromatic amines is 1. The smallest absolute Gasteiger partial charge is 0.481 e. The zero-order valence-corrected chi connectivity index (χ0v) is 22.8. The van der Waals surface area contributed by atoms with Crippen molar-refractivity contribution in [2.24, 2.45) is 10.9 Å². The number of H-pyrrole nitrogens is 1. The fourth-order valence-electron chi connectivity index (χ4n) is 6.47. The Morgan fingerprint density at radius 2 is 1.76 bits per heavy atom. The highest BCUT2D eigenvalue weighted by Crippen LogP contribution is 2.49. The minimum atomic E-state index is -4.80. The number of ether oxygens (including phenoxy) is 1. The van der Waals surface area contributed by atoms with E-state index in [0.29, 0.717) is 38.3 Å². The predicted octanol–water partition coefficient (Wildman–Crippen LogP) is 5.43. The lowest BCUT2D eigenvalue weighted by atomic mass is 9.65. The average Bonchev–Trinajstić information content (AvgIpc) is 3.39. The van der Waals surface area contributed by atoms with Gasteiger partial charge in [-0.3, -0.25) is 9.59 Å². The fraction of sp³-hybridized carbons (Fsp3) is 0.552. The molecule has 2 saturated heterocycles. The number of alkyl halides is 4. The number of hydrogen-bond acceptors (Lipinski definition) is 5. The number of likely N-dealkylation sites (tertiary alicyclic amines) is 2. The molecule has 41 heavy (non-hydrogen) atoms. The molecule has 222 valence electrons. The van der Waals surface area contributed by atoms with Crippen molar-refractivity contribution in [3.05, 3.63) is 47.2 Å². The Morgan fingerprint density at radius 1 is 1.10 bits per heavy atom. The summed E-state index contributed by atoms with van der Waals surface area (Å²) in [6.07, 6.45) is -1.70. The van der Waals surface area contributed by atoms with Crippen molar-refractivity contribution in [3.63, 3.8) is 0 Å². The van der Waals surface area contributed by atoms with Crippen LogP contribution in [0.2, 0.25) is 0 Å². The number of aromatic nitrogens is 1. The summed E-state index contributed by atoms with van der Waals surface area (Å²) in [5.41, 5.74) is 1.32. The van der Waals surface area contributed by atoms with Crippen molar-refractivity contribution in [2.45, 2.75) is 62.9 Å². The number of fused-ring (bicyclic) bond motifs is 1. The van der Waals surface area contributed by atoms with Crippen LogP contribution in [-0.2, 0) is 10.2 Å². The van der Waals surface area contributed by atoms with Gasteiger partial charge in [-0.1, -0.05) is 6.92 Å². The Bertz CT molecular complexity index is 1280. The van der Waals surface area contributed by atoms with Gasteiger partial charge >= 0.3 is 12.3 Å². The van der Waals surface area contributed by atoms with Crippen LogP contribution in [-0.4, -0.2) is 83.2 Å². The predicted molar refractivity (Wildman–Crippen MR) is 144 cm³/mol. The molecule has 3 aliphatic heterocycles. The third kappa shape index (κ3) is 6.27. The van der Waals surface area contributed by atoms with E-state index in [1.54, 1.807) is 4.90 Å². The molecule has 1 amide bonds. The number of amides is 1. The number of aliphatic imine (C=N–C) groups is 1. The Balaban J connectivity index is 1.23. The minimum absolute atomic E-state index is 0.0453. The zero-order chi connectivity index (χ0) is 29.4. The quantitative estimate of drug-likeness (QED) is 0.427. The van der Waals surface area contributed by atoms with Crippen molar-refractivity contribution < 1.29 is 37.0 Å². The normalized spacial score (nSPS) is 24.3. The molecular weight excluding hydrogens is 544 g/mol. The molecular formula is C29H34F4N4O4. The Morgan fingerprint density at radius 3 is 2.37 bits per heavy atom. The number of aliphatic carboxylic acids is 1. The van der Waals surface area contributed by atoms with Gasteiger partial charge < -0.3 is 24.6 Å². The average molecular weight is 579 g/mol. The lowest BCUT2D eigenvalue weighted by molar-refractivity contribution is -0.274. The topological polar surface area (TPSA) is 98.2 Å². The molecule has 2 fully saturated rings. The van der Waals surface area contributed by atoms with Gasteiger partial charge in [0, 0.05) is 54.0 Å². The molecule has 0 radical (unpaired) electrons. The molecule has 3 aliphatic rings. The first-order chi connectivity index (χ1) is 19.4. The van der Waals surface area contributed by atoms with Crippen LogP contribution in [0, 0.1) is 5.92 Å². The van der Waals surface area contributed by atoms with E-state index in [1.165, 1.54) is 18.3 Å². The van der Waals surface area contributed by atoms with E-state index in [-0.39, 0.29) is 35.5 Å². The van der Waals surface area contributed by atoms with Crippen LogP contribution < -0.4 is 4.74 Å². The van der Waals surface area contributed by atoms with E-state index in [9.17, 15) is 22.8 Å². The van der Waals surface area contributed by atoms with Crippen LogP contribution in [0.1, 0.15) is 66.6 Å². The number of carboxylic acids is 1. The standard InChI is InChI=1S/C29H34F4N4O4/c1-28(20-8-14-37(15-9-20)27(40)19-2-4-21(5-3-19)41-29(31,32)33)22-16-23(35-26(22)34-17-24(28)30)18-6-11-36(12-7-18)13-10-25(38)39/h2-5,16-18,20,24,35H,6-15H2,1H3,(H,38,39). The van der Waals surface area contributed by atoms with Gasteiger partial charge in [-0.25, -0.2) is 9.38 Å². The summed E-state index contributed by atoms with van der Waals surface area (Å²) in [7, 11) is 0. The van der Waals surface area contributed by atoms with Gasteiger partial charge in [0.05, 0.1) is 6.42 Å². The van der Waals surface area contributed by atoms with Crippen LogP contribution >= 0.6 is 0 Å². The number of carbonyl (C=O) groups excluding carboxylic acids is 1. The largest absolute Gasteiger partial charge is 0.573 e. The SMILES string of the molecule is CC1(C2CCN(C(=O)c3ccc(OC(F)(F)F)cc3)CC2)c2cc(C3CCN(CCC(=O)O)CC3)[nH]c2N=CC1F. The lowest BCUT2D eigenvalue weighted by Gasteiger charge is -2.44. The molecule has 2 N–H and O–H groups in total. The van der Waals surface area contributed by atoms with Gasteiger partial charge in [0.15, 0.2) is 0 Å². The summed E-state index contributed by atoms with van der Waals surface area (Å²) in [5, 5.41) is 8.95. The summed E-state index contributed by atoms with van der Waals surface area (Å²) >= 11 is 0. The molecule has 0 saturated carbocycles. The zero-order valence-electron chi connectivity index (χ0n) is 22.8. The molecule has 0 bridgehead atoms. The highest BCUT2D eigenvalue weighted by molar-refractivity contribution is 5.94. The second kappa shape index (κ2) is 11.5. The maximum atomic E-state index is 15.6. The number of rotatable bonds is 7. The van der Waals surface area contributed by atoms with Gasteiger partial charge in [-0.2, -0.15) is 0 Å². The third-order valence-electron chi connectivity index (χ3n) is 8.94. The second-order valence-electron chi connectivity index (χ2n) is 11.3. The van der Waals surface area contributed by atoms with Crippen LogP contribution in [0.25, 0.3) is 0 Å². The van der Waals surface area contributed by atoms with Crippen molar-refractivity contribution in [3.8, 4) is 5.75 Å². The van der Waals surface area contributed by atoms with Gasteiger partial charge in [0.2, 0.25) is 0 Å². The first kappa shape index (κ1) is 29.1. The van der Waals surface area contributed by atoms with Gasteiger partial charge in [0.25, 0.3) is 5.91 Å². The van der Waals surface area contributed by atoms with Crippen LogP contribution in [0.5, 0.6) is 5.75 Å². The van der Waals surface area contributed by atoms with E-state index in [2.05, 4.69) is 25.7 Å². The van der Waals surface area contributed by atoms with E-state index in [1.807, 2.05) is 6.92 Å². The fourth-order valence-corrected chi connectivity index (χ4v) is 6.47. The summed E-state index contributed by atoms with van der Waals surface area (Å²) in [5.74, 6) is -0.592. The molecule has 2 atom stereocenters. The number of carbonyl (C=O) groups is 2. The molecule has 0 spiro atoms. The van der Waals surface area contributed by atoms with Crippen LogP contribution in [0.15, 0.2) is 35.3 Å². The minimum Gasteiger partial charge on any atom is -0.481 e. The number of carboxylic acid groups (broad SMARTS) is 1. The first-order valence-corrected chi connectivity index (χ1v) is 13.9. The van der Waals surface area contributed by atoms with E-state index >= 15 is 4.39 Å². The molecule has 5 rings (SSSR count). The maximum Gasteiger partial charge on any atom is 0.573 e. The number of nitrogens with zero attached hydrogens (tertiary/aromatic N) is 3. The van der Waals surface area contributed by atoms with Gasteiger partial charge in [-0.05, 0) is 75.0 Å². The lowest BCUT2D eigenvalue weighted by Crippen LogP contribution is -2.49. The molecule has 2 aromatic rings. The van der Waals surface area contributed by atoms with Crippen molar-refractivity contribution in [2.75, 3.05) is 32.7 Å². The molecule has 0 aliphatic carbocycles. The summed E-state index contributed by atoms with van der Waals surface area (Å²) in [6.45, 7) is 4.89. The second-order valence-corrected chi connectivity index (χ2v) is 11.3. The van der Waals surface area contributed by atoms with E-state index in [4.69, 9.17) is 5.11 Å². The Hall–Kier alpha value is -3.41. The number of halogens is 4. The summed E-state index contributed by atoms with van der Waals surface area (Å²) in [6, 6.07) is 6.92. The molecule has 4 heterocycles. The van der Waals surface area contributed by atoms with Gasteiger partial charge in [-0.15, -0.1) is 13.2 Å².